The Morgan fingerprint density at radius 1 is 0.882 bits per heavy atom. The highest BCUT2D eigenvalue weighted by Crippen LogP contribution is 2.20. The van der Waals surface area contributed by atoms with Gasteiger partial charge in [0.1, 0.15) is 12.1 Å². The summed E-state index contributed by atoms with van der Waals surface area (Å²) in [7, 11) is 1.74. The van der Waals surface area contributed by atoms with Crippen molar-refractivity contribution in [1.29, 1.82) is 0 Å². The Labute approximate surface area is 203 Å². The molecule has 1 aromatic heterocycles. The predicted octanol–water partition coefficient (Wildman–Crippen LogP) is 5.94. The zero-order valence-electron chi connectivity index (χ0n) is 18.8. The normalized spacial score (nSPS) is 11.1. The first-order valence-electron chi connectivity index (χ1n) is 10.9. The van der Waals surface area contributed by atoms with E-state index in [1.54, 1.807) is 24.1 Å². The van der Waals surface area contributed by atoms with Gasteiger partial charge in [0.2, 0.25) is 5.89 Å². The third-order valence-corrected chi connectivity index (χ3v) is 5.78. The van der Waals surface area contributed by atoms with E-state index in [-0.39, 0.29) is 17.4 Å². The Hall–Kier alpha value is -3.48. The largest absolute Gasteiger partial charge is 0.447 e. The molecule has 4 rings (SSSR count). The molecule has 3 aromatic carbocycles. The maximum absolute atomic E-state index is 13.4. The zero-order valence-corrected chi connectivity index (χ0v) is 19.6. The van der Waals surface area contributed by atoms with Crippen LogP contribution in [0.4, 0.5) is 4.39 Å². The number of oxazole rings is 1. The number of hydrogen-bond donors (Lipinski definition) is 0. The summed E-state index contributed by atoms with van der Waals surface area (Å²) in [5.74, 6) is -0.0717. The standard InChI is InChI=1S/C27H25ClFN3O2/c1-31(15-20-7-3-2-4-8-20)27(33)25-19-34-26(30-25)18-32(16-21-11-13-23(29)14-12-21)17-22-9-5-6-10-24(22)28/h2-14,19H,15-18H2,1H3. The molecule has 0 aliphatic carbocycles. The van der Waals surface area contributed by atoms with Gasteiger partial charge < -0.3 is 9.32 Å². The molecule has 7 heteroatoms. The minimum Gasteiger partial charge on any atom is -0.447 e. The van der Waals surface area contributed by atoms with Crippen LogP contribution in [0, 0.1) is 5.82 Å². The average Bonchev–Trinajstić information content (AvgIpc) is 3.30. The van der Waals surface area contributed by atoms with Crippen LogP contribution < -0.4 is 0 Å². The molecule has 0 spiro atoms. The molecule has 0 saturated carbocycles. The van der Waals surface area contributed by atoms with Crippen molar-refractivity contribution in [2.24, 2.45) is 0 Å². The second-order valence-corrected chi connectivity index (χ2v) is 8.54. The fourth-order valence-corrected chi connectivity index (χ4v) is 3.88. The van der Waals surface area contributed by atoms with Gasteiger partial charge >= 0.3 is 0 Å². The molecule has 0 aliphatic rings. The van der Waals surface area contributed by atoms with Gasteiger partial charge in [0.15, 0.2) is 5.69 Å². The van der Waals surface area contributed by atoms with Gasteiger partial charge in [0.05, 0.1) is 6.54 Å². The second kappa shape index (κ2) is 11.1. The molecule has 0 radical (unpaired) electrons. The lowest BCUT2D eigenvalue weighted by Gasteiger charge is -2.21. The highest BCUT2D eigenvalue weighted by atomic mass is 35.5. The lowest BCUT2D eigenvalue weighted by molar-refractivity contribution is 0.0779. The lowest BCUT2D eigenvalue weighted by atomic mass is 10.1. The van der Waals surface area contributed by atoms with E-state index in [9.17, 15) is 9.18 Å². The molecule has 34 heavy (non-hydrogen) atoms. The minimum absolute atomic E-state index is 0.213. The van der Waals surface area contributed by atoms with Gasteiger partial charge in [-0.15, -0.1) is 0 Å². The molecule has 0 N–H and O–H groups in total. The van der Waals surface area contributed by atoms with Gasteiger partial charge in [-0.1, -0.05) is 72.3 Å². The van der Waals surface area contributed by atoms with Crippen LogP contribution in [-0.4, -0.2) is 27.7 Å². The van der Waals surface area contributed by atoms with Gasteiger partial charge in [-0.2, -0.15) is 0 Å². The summed E-state index contributed by atoms with van der Waals surface area (Å²) in [6, 6.07) is 23.8. The molecule has 0 bridgehead atoms. The fourth-order valence-electron chi connectivity index (χ4n) is 3.68. The van der Waals surface area contributed by atoms with Crippen molar-refractivity contribution in [1.82, 2.24) is 14.8 Å². The zero-order chi connectivity index (χ0) is 23.9. The molecule has 0 unspecified atom stereocenters. The Balaban J connectivity index is 1.48. The van der Waals surface area contributed by atoms with Crippen LogP contribution in [0.3, 0.4) is 0 Å². The van der Waals surface area contributed by atoms with E-state index in [1.165, 1.54) is 18.4 Å². The predicted molar refractivity (Wildman–Crippen MR) is 130 cm³/mol. The van der Waals surface area contributed by atoms with E-state index in [0.29, 0.717) is 37.1 Å². The van der Waals surface area contributed by atoms with Gasteiger partial charge in [-0.25, -0.2) is 9.37 Å². The van der Waals surface area contributed by atoms with Crippen LogP contribution in [0.15, 0.2) is 89.5 Å². The highest BCUT2D eigenvalue weighted by molar-refractivity contribution is 6.31. The number of hydrogen-bond acceptors (Lipinski definition) is 4. The molecule has 174 valence electrons. The van der Waals surface area contributed by atoms with E-state index in [0.717, 1.165) is 16.7 Å². The summed E-state index contributed by atoms with van der Waals surface area (Å²) in [6.07, 6.45) is 1.39. The quantitative estimate of drug-likeness (QED) is 0.299. The molecule has 5 nitrogen and oxygen atoms in total. The molecule has 1 amide bonds. The summed E-state index contributed by atoms with van der Waals surface area (Å²) >= 11 is 6.38. The number of rotatable bonds is 9. The Morgan fingerprint density at radius 3 is 2.29 bits per heavy atom. The summed E-state index contributed by atoms with van der Waals surface area (Å²) in [5, 5.41) is 0.664. The van der Waals surface area contributed by atoms with Crippen molar-refractivity contribution in [3.8, 4) is 0 Å². The second-order valence-electron chi connectivity index (χ2n) is 8.14. The van der Waals surface area contributed by atoms with E-state index in [2.05, 4.69) is 9.88 Å². The van der Waals surface area contributed by atoms with Crippen LogP contribution in [-0.2, 0) is 26.2 Å². The smallest absolute Gasteiger partial charge is 0.275 e. The first-order chi connectivity index (χ1) is 16.5. The molecular formula is C27H25ClFN3O2. The fraction of sp³-hybridized carbons (Fsp3) is 0.185. The van der Waals surface area contributed by atoms with Gasteiger partial charge in [-0.3, -0.25) is 9.69 Å². The number of amides is 1. The van der Waals surface area contributed by atoms with Crippen molar-refractivity contribution in [2.45, 2.75) is 26.2 Å². The molecule has 4 aromatic rings. The highest BCUT2D eigenvalue weighted by Gasteiger charge is 2.19. The monoisotopic (exact) mass is 477 g/mol. The van der Waals surface area contributed by atoms with E-state index >= 15 is 0 Å². The number of aromatic nitrogens is 1. The Kier molecular flexibility index (Phi) is 7.72. The molecule has 1 heterocycles. The lowest BCUT2D eigenvalue weighted by Crippen LogP contribution is -2.26. The number of carbonyl (C=O) groups is 1. The number of halogens is 2. The van der Waals surface area contributed by atoms with Crippen LogP contribution >= 0.6 is 11.6 Å². The van der Waals surface area contributed by atoms with Crippen LogP contribution in [0.1, 0.15) is 33.1 Å². The first kappa shape index (κ1) is 23.7. The maximum atomic E-state index is 13.4. The topological polar surface area (TPSA) is 49.6 Å². The van der Waals surface area contributed by atoms with Crippen LogP contribution in [0.25, 0.3) is 0 Å². The third kappa shape index (κ3) is 6.31. The SMILES string of the molecule is CN(Cc1ccccc1)C(=O)c1coc(CN(Cc2ccc(F)cc2)Cc2ccccc2Cl)n1. The van der Waals surface area contributed by atoms with Crippen LogP contribution in [0.5, 0.6) is 0 Å². The molecule has 0 aliphatic heterocycles. The van der Waals surface area contributed by atoms with Crippen molar-refractivity contribution >= 4 is 17.5 Å². The first-order valence-corrected chi connectivity index (χ1v) is 11.3. The Bertz CT molecular complexity index is 1230. The summed E-state index contributed by atoms with van der Waals surface area (Å²) in [6.45, 7) is 1.91. The minimum atomic E-state index is -0.281. The summed E-state index contributed by atoms with van der Waals surface area (Å²) in [5.41, 5.74) is 3.19. The van der Waals surface area contributed by atoms with Crippen LogP contribution in [0.2, 0.25) is 5.02 Å². The van der Waals surface area contributed by atoms with Crippen molar-refractivity contribution in [3.05, 3.63) is 124 Å². The maximum Gasteiger partial charge on any atom is 0.275 e. The third-order valence-electron chi connectivity index (χ3n) is 5.41. The summed E-state index contributed by atoms with van der Waals surface area (Å²) in [4.78, 5) is 21.0. The van der Waals surface area contributed by atoms with Crippen molar-refractivity contribution < 1.29 is 13.6 Å². The van der Waals surface area contributed by atoms with E-state index in [1.807, 2.05) is 54.6 Å². The van der Waals surface area contributed by atoms with Crippen molar-refractivity contribution in [3.63, 3.8) is 0 Å². The molecular weight excluding hydrogens is 453 g/mol. The van der Waals surface area contributed by atoms with Gasteiger partial charge in [0.25, 0.3) is 5.91 Å². The summed E-state index contributed by atoms with van der Waals surface area (Å²) < 4.78 is 19.0. The number of benzene rings is 3. The van der Waals surface area contributed by atoms with E-state index < -0.39 is 0 Å². The molecule has 0 saturated heterocycles. The average molecular weight is 478 g/mol. The Morgan fingerprint density at radius 2 is 1.56 bits per heavy atom. The number of carbonyl (C=O) groups excluding carboxylic acids is 1. The van der Waals surface area contributed by atoms with E-state index in [4.69, 9.17) is 16.0 Å². The molecule has 0 fully saturated rings. The van der Waals surface area contributed by atoms with Gasteiger partial charge in [0, 0.05) is 31.7 Å². The van der Waals surface area contributed by atoms with Gasteiger partial charge in [-0.05, 0) is 34.9 Å². The van der Waals surface area contributed by atoms with Crippen molar-refractivity contribution in [2.75, 3.05) is 7.05 Å². The molecule has 0 atom stereocenters. The number of nitrogens with zero attached hydrogens (tertiary/aromatic N) is 3.